The molecule has 2 aromatic rings. The highest BCUT2D eigenvalue weighted by atomic mass is 19.1. The van der Waals surface area contributed by atoms with E-state index in [2.05, 4.69) is 9.97 Å². The van der Waals surface area contributed by atoms with E-state index < -0.39 is 17.1 Å². The molecule has 152 valence electrons. The largest absolute Gasteiger partial charge is 0.487 e. The Hall–Kier alpha value is -2.44. The molecule has 0 saturated carbocycles. The first-order valence-electron chi connectivity index (χ1n) is 9.49. The Morgan fingerprint density at radius 3 is 2.50 bits per heavy atom. The van der Waals surface area contributed by atoms with Gasteiger partial charge in [0.15, 0.2) is 17.4 Å². The van der Waals surface area contributed by atoms with Crippen molar-refractivity contribution in [1.29, 1.82) is 0 Å². The predicted octanol–water partition coefficient (Wildman–Crippen LogP) is 4.49. The average Bonchev–Trinajstić information content (AvgIpc) is 2.62. The minimum absolute atomic E-state index is 0.0763. The highest BCUT2D eigenvalue weighted by Gasteiger charge is 2.37. The lowest BCUT2D eigenvalue weighted by atomic mass is 9.94. The lowest BCUT2D eigenvalue weighted by molar-refractivity contribution is 0.0575. The van der Waals surface area contributed by atoms with Crippen LogP contribution in [0.1, 0.15) is 39.3 Å². The molecule has 2 heterocycles. The second-order valence-electron chi connectivity index (χ2n) is 8.21. The van der Waals surface area contributed by atoms with Crippen LogP contribution in [0.4, 0.5) is 14.6 Å². The number of hydrogen-bond acceptors (Lipinski definition) is 5. The Morgan fingerprint density at radius 1 is 1.18 bits per heavy atom. The summed E-state index contributed by atoms with van der Waals surface area (Å²) in [6.07, 6.45) is 2.17. The predicted molar refractivity (Wildman–Crippen MR) is 104 cm³/mol. The van der Waals surface area contributed by atoms with E-state index in [1.807, 2.05) is 32.6 Å². The van der Waals surface area contributed by atoms with Gasteiger partial charge in [0.05, 0.1) is 11.9 Å². The van der Waals surface area contributed by atoms with Crippen molar-refractivity contribution in [3.8, 4) is 11.6 Å². The smallest absolute Gasteiger partial charge is 0.258 e. The van der Waals surface area contributed by atoms with Gasteiger partial charge in [-0.1, -0.05) is 12.1 Å². The fourth-order valence-electron chi connectivity index (χ4n) is 3.05. The van der Waals surface area contributed by atoms with Gasteiger partial charge in [-0.3, -0.25) is 0 Å². The zero-order valence-electron chi connectivity index (χ0n) is 16.8. The van der Waals surface area contributed by atoms with Crippen molar-refractivity contribution >= 4 is 5.82 Å². The van der Waals surface area contributed by atoms with Crippen LogP contribution in [0.25, 0.3) is 0 Å². The number of aromatic nitrogens is 2. The number of benzene rings is 1. The number of ether oxygens (including phenoxy) is 2. The Labute approximate surface area is 164 Å². The van der Waals surface area contributed by atoms with Crippen molar-refractivity contribution in [2.24, 2.45) is 0 Å². The molecular weight excluding hydrogens is 364 g/mol. The van der Waals surface area contributed by atoms with Crippen molar-refractivity contribution in [2.45, 2.75) is 51.8 Å². The zero-order valence-corrected chi connectivity index (χ0v) is 16.8. The van der Waals surface area contributed by atoms with Crippen LogP contribution in [-0.4, -0.2) is 40.9 Å². The molecule has 1 aromatic carbocycles. The van der Waals surface area contributed by atoms with E-state index in [-0.39, 0.29) is 25.2 Å². The molecule has 1 saturated heterocycles. The van der Waals surface area contributed by atoms with E-state index in [0.717, 1.165) is 5.69 Å². The number of alkyl halides is 1. The van der Waals surface area contributed by atoms with Gasteiger partial charge in [-0.05, 0) is 39.8 Å². The van der Waals surface area contributed by atoms with Gasteiger partial charge in [-0.2, -0.15) is 0 Å². The van der Waals surface area contributed by atoms with Gasteiger partial charge >= 0.3 is 0 Å². The summed E-state index contributed by atoms with van der Waals surface area (Å²) < 4.78 is 40.2. The molecule has 0 aliphatic carbocycles. The summed E-state index contributed by atoms with van der Waals surface area (Å²) >= 11 is 0. The lowest BCUT2D eigenvalue weighted by Gasteiger charge is -2.37. The Morgan fingerprint density at radius 2 is 1.86 bits per heavy atom. The van der Waals surface area contributed by atoms with E-state index in [4.69, 9.17) is 9.47 Å². The molecular formula is C21H27F2N3O2. The Bertz CT molecular complexity index is 816. The normalized spacial score (nSPS) is 16.7. The molecule has 0 bridgehead atoms. The Kier molecular flexibility index (Phi) is 5.72. The van der Waals surface area contributed by atoms with Crippen LogP contribution in [0.15, 0.2) is 30.5 Å². The van der Waals surface area contributed by atoms with Crippen LogP contribution < -0.4 is 14.4 Å². The number of halogens is 2. The highest BCUT2D eigenvalue weighted by Crippen LogP contribution is 2.34. The zero-order chi connectivity index (χ0) is 20.4. The number of rotatable bonds is 5. The monoisotopic (exact) mass is 391 g/mol. The number of anilines is 1. The topological polar surface area (TPSA) is 47.5 Å². The van der Waals surface area contributed by atoms with Crippen molar-refractivity contribution in [3.05, 3.63) is 42.0 Å². The third-order valence-corrected chi connectivity index (χ3v) is 4.53. The third-order valence-electron chi connectivity index (χ3n) is 4.53. The fraction of sp³-hybridized carbons (Fsp3) is 0.524. The summed E-state index contributed by atoms with van der Waals surface area (Å²) in [6, 6.07) is 6.05. The summed E-state index contributed by atoms with van der Waals surface area (Å²) in [7, 11) is 0. The van der Waals surface area contributed by atoms with Gasteiger partial charge in [0.1, 0.15) is 17.9 Å². The lowest BCUT2D eigenvalue weighted by Crippen LogP contribution is -2.45. The Balaban J connectivity index is 1.66. The highest BCUT2D eigenvalue weighted by molar-refractivity contribution is 5.49. The fourth-order valence-corrected chi connectivity index (χ4v) is 3.05. The first-order valence-corrected chi connectivity index (χ1v) is 9.49. The SMILES string of the molecule is Cc1cnc(OC(C)(C)C)c(N2CCC(F)(COc3ccccc3F)CC2)n1. The quantitative estimate of drug-likeness (QED) is 0.752. The molecule has 0 unspecified atom stereocenters. The van der Waals surface area contributed by atoms with Crippen LogP contribution in [0.3, 0.4) is 0 Å². The van der Waals surface area contributed by atoms with E-state index >= 15 is 4.39 Å². The van der Waals surface area contributed by atoms with Gasteiger partial charge in [-0.25, -0.2) is 18.7 Å². The maximum Gasteiger partial charge on any atom is 0.258 e. The van der Waals surface area contributed by atoms with E-state index in [1.165, 1.54) is 12.1 Å². The van der Waals surface area contributed by atoms with Crippen LogP contribution in [0.5, 0.6) is 11.6 Å². The van der Waals surface area contributed by atoms with Crippen molar-refractivity contribution < 1.29 is 18.3 Å². The minimum Gasteiger partial charge on any atom is -0.487 e. The first-order chi connectivity index (χ1) is 13.2. The van der Waals surface area contributed by atoms with Crippen LogP contribution in [-0.2, 0) is 0 Å². The summed E-state index contributed by atoms with van der Waals surface area (Å²) in [4.78, 5) is 10.9. The van der Waals surface area contributed by atoms with E-state index in [0.29, 0.717) is 24.8 Å². The molecule has 5 nitrogen and oxygen atoms in total. The maximum absolute atomic E-state index is 15.2. The number of nitrogens with zero attached hydrogens (tertiary/aromatic N) is 3. The molecule has 0 atom stereocenters. The van der Waals surface area contributed by atoms with E-state index in [9.17, 15) is 4.39 Å². The molecule has 0 radical (unpaired) electrons. The molecule has 0 amide bonds. The number of para-hydroxylation sites is 1. The van der Waals surface area contributed by atoms with Crippen molar-refractivity contribution in [2.75, 3.05) is 24.6 Å². The number of aryl methyl sites for hydroxylation is 1. The van der Waals surface area contributed by atoms with Crippen LogP contribution in [0, 0.1) is 12.7 Å². The van der Waals surface area contributed by atoms with Gasteiger partial charge in [0.2, 0.25) is 0 Å². The molecule has 1 aromatic heterocycles. The molecule has 1 fully saturated rings. The first kappa shape index (κ1) is 20.3. The molecule has 1 aliphatic rings. The second kappa shape index (κ2) is 7.89. The molecule has 3 rings (SSSR count). The van der Waals surface area contributed by atoms with Crippen molar-refractivity contribution in [3.63, 3.8) is 0 Å². The number of piperidine rings is 1. The number of hydrogen-bond donors (Lipinski definition) is 0. The standard InChI is InChI=1S/C21H27F2N3O2/c1-15-13-24-19(28-20(2,3)4)18(25-15)26-11-9-21(23,10-12-26)14-27-17-8-6-5-7-16(17)22/h5-8,13H,9-12,14H2,1-4H3. The maximum atomic E-state index is 15.2. The average molecular weight is 391 g/mol. The summed E-state index contributed by atoms with van der Waals surface area (Å²) in [5, 5.41) is 0. The van der Waals surface area contributed by atoms with Crippen molar-refractivity contribution in [1.82, 2.24) is 9.97 Å². The van der Waals surface area contributed by atoms with Crippen LogP contribution in [0.2, 0.25) is 0 Å². The van der Waals surface area contributed by atoms with Gasteiger partial charge in [0, 0.05) is 25.9 Å². The van der Waals surface area contributed by atoms with Gasteiger partial charge in [0.25, 0.3) is 5.88 Å². The summed E-state index contributed by atoms with van der Waals surface area (Å²) in [5.74, 6) is 0.675. The van der Waals surface area contributed by atoms with Gasteiger partial charge in [-0.15, -0.1) is 0 Å². The van der Waals surface area contributed by atoms with Gasteiger partial charge < -0.3 is 14.4 Å². The molecule has 28 heavy (non-hydrogen) atoms. The van der Waals surface area contributed by atoms with Crippen LogP contribution >= 0.6 is 0 Å². The summed E-state index contributed by atoms with van der Waals surface area (Å²) in [5.41, 5.74) is -1.15. The third kappa shape index (κ3) is 5.09. The molecule has 1 aliphatic heterocycles. The summed E-state index contributed by atoms with van der Waals surface area (Å²) in [6.45, 7) is 8.44. The minimum atomic E-state index is -1.51. The molecule has 7 heteroatoms. The molecule has 0 N–H and O–H groups in total. The molecule has 0 spiro atoms. The second-order valence-corrected chi connectivity index (χ2v) is 8.21. The van der Waals surface area contributed by atoms with E-state index in [1.54, 1.807) is 18.3 Å².